The molecule has 0 spiro atoms. The topological polar surface area (TPSA) is 13.0 Å². The van der Waals surface area contributed by atoms with Crippen LogP contribution in [0, 0.1) is 6.92 Å². The smallest absolute Gasteiger partial charge is 0.0488 e. The SMILES string of the molecule is Cc1ccccc1-c1cc(N(c2ccccc2)c2ccccc2)cc(N(c2ccccc2)c2cccc(N(c3ccccc3)c3cc(-c4ccccc4SC(C)(C)C)cc(N(c4ccccc4)c4ccccc4)c3)c2)c1. The molecule has 76 heavy (non-hydrogen) atoms. The van der Waals surface area contributed by atoms with E-state index >= 15 is 0 Å². The van der Waals surface area contributed by atoms with Crippen LogP contribution in [-0.4, -0.2) is 4.75 Å². The molecular weight excluding hydrogens is 941 g/mol. The maximum Gasteiger partial charge on any atom is 0.0488 e. The van der Waals surface area contributed by atoms with Crippen molar-refractivity contribution in [1.82, 2.24) is 0 Å². The lowest BCUT2D eigenvalue weighted by atomic mass is 9.98. The van der Waals surface area contributed by atoms with E-state index in [1.165, 1.54) is 21.6 Å². The Morgan fingerprint density at radius 3 is 0.855 bits per heavy atom. The Kier molecular flexibility index (Phi) is 14.4. The summed E-state index contributed by atoms with van der Waals surface area (Å²) in [6.07, 6.45) is 0. The second-order valence-corrected chi connectivity index (χ2v) is 21.7. The van der Waals surface area contributed by atoms with Gasteiger partial charge in [-0.3, -0.25) is 0 Å². The molecule has 0 fully saturated rings. The number of anilines is 12. The monoisotopic (exact) mass is 1000 g/mol. The van der Waals surface area contributed by atoms with Crippen molar-refractivity contribution in [2.75, 3.05) is 19.6 Å². The van der Waals surface area contributed by atoms with Crippen molar-refractivity contribution in [3.05, 3.63) is 297 Å². The van der Waals surface area contributed by atoms with Gasteiger partial charge in [0.1, 0.15) is 0 Å². The molecule has 11 aromatic rings. The fraction of sp³-hybridized carbons (Fsp3) is 0.0704. The summed E-state index contributed by atoms with van der Waals surface area (Å²) in [6.45, 7) is 9.06. The molecule has 0 aliphatic carbocycles. The lowest BCUT2D eigenvalue weighted by Crippen LogP contribution is -2.15. The lowest BCUT2D eigenvalue weighted by Gasteiger charge is -2.32. The van der Waals surface area contributed by atoms with Crippen molar-refractivity contribution < 1.29 is 0 Å². The van der Waals surface area contributed by atoms with E-state index in [1.54, 1.807) is 0 Å². The van der Waals surface area contributed by atoms with Crippen molar-refractivity contribution in [1.29, 1.82) is 0 Å². The molecule has 370 valence electrons. The summed E-state index contributed by atoms with van der Waals surface area (Å²) in [5, 5.41) is 0. The molecule has 5 heteroatoms. The second-order valence-electron chi connectivity index (χ2n) is 19.9. The van der Waals surface area contributed by atoms with Gasteiger partial charge in [0, 0.05) is 77.9 Å². The number of para-hydroxylation sites is 6. The first-order chi connectivity index (χ1) is 37.2. The zero-order valence-electron chi connectivity index (χ0n) is 43.4. The minimum absolute atomic E-state index is 0.000612. The highest BCUT2D eigenvalue weighted by atomic mass is 32.2. The van der Waals surface area contributed by atoms with Gasteiger partial charge in [-0.1, -0.05) is 178 Å². The van der Waals surface area contributed by atoms with Gasteiger partial charge < -0.3 is 19.6 Å². The van der Waals surface area contributed by atoms with Gasteiger partial charge >= 0.3 is 0 Å². The van der Waals surface area contributed by atoms with Crippen LogP contribution < -0.4 is 19.6 Å². The maximum atomic E-state index is 2.41. The molecule has 0 aliphatic heterocycles. The molecule has 0 bridgehead atoms. The Morgan fingerprint density at radius 2 is 0.513 bits per heavy atom. The van der Waals surface area contributed by atoms with Crippen molar-refractivity contribution in [3.8, 4) is 22.3 Å². The van der Waals surface area contributed by atoms with Crippen LogP contribution in [0.5, 0.6) is 0 Å². The van der Waals surface area contributed by atoms with Crippen molar-refractivity contribution in [2.45, 2.75) is 37.3 Å². The Labute approximate surface area is 453 Å². The summed E-state index contributed by atoms with van der Waals surface area (Å²) in [5.74, 6) is 0. The predicted octanol–water partition coefficient (Wildman–Crippen LogP) is 21.1. The summed E-state index contributed by atoms with van der Waals surface area (Å²) < 4.78 is -0.000612. The number of rotatable bonds is 15. The number of hydrogen-bond donors (Lipinski definition) is 0. The highest BCUT2D eigenvalue weighted by Gasteiger charge is 2.24. The van der Waals surface area contributed by atoms with E-state index in [9.17, 15) is 0 Å². The molecule has 0 aromatic heterocycles. The highest BCUT2D eigenvalue weighted by molar-refractivity contribution is 8.00. The van der Waals surface area contributed by atoms with E-state index in [-0.39, 0.29) is 4.75 Å². The van der Waals surface area contributed by atoms with Gasteiger partial charge in [0.05, 0.1) is 0 Å². The zero-order valence-corrected chi connectivity index (χ0v) is 44.2. The molecule has 11 aromatic carbocycles. The Balaban J connectivity index is 1.14. The molecule has 4 nitrogen and oxygen atoms in total. The summed E-state index contributed by atoms with van der Waals surface area (Å²) in [4.78, 5) is 10.8. The van der Waals surface area contributed by atoms with E-state index in [0.717, 1.165) is 79.4 Å². The lowest BCUT2D eigenvalue weighted by molar-refractivity contribution is 0.803. The van der Waals surface area contributed by atoms with Crippen LogP contribution in [0.3, 0.4) is 0 Å². The van der Waals surface area contributed by atoms with Crippen LogP contribution in [0.4, 0.5) is 68.2 Å². The standard InChI is InChI=1S/C71H60N4S/c1-53-28-23-24-43-68(53)54-46-64(72(56-29-11-5-12-30-56)57-31-13-6-14-32-57)51-66(47-54)74(60-37-19-9-20-38-60)62-41-27-42-63(50-62)75(61-39-21-10-22-40-61)67-49-55(69-44-25-26-45-70(69)76-71(2,3)4)48-65(52-67)73(58-33-15-7-16-34-58)59-35-17-8-18-36-59/h5-52H,1-4H3. The van der Waals surface area contributed by atoms with Crippen LogP contribution in [0.25, 0.3) is 22.3 Å². The number of nitrogens with zero attached hydrogens (tertiary/aromatic N) is 4. The largest absolute Gasteiger partial charge is 0.310 e. The van der Waals surface area contributed by atoms with Gasteiger partial charge in [0.2, 0.25) is 0 Å². The summed E-state index contributed by atoms with van der Waals surface area (Å²) in [6, 6.07) is 105. The third-order valence-corrected chi connectivity index (χ3v) is 14.5. The van der Waals surface area contributed by atoms with Gasteiger partial charge in [-0.25, -0.2) is 0 Å². The third-order valence-electron chi connectivity index (χ3n) is 13.3. The molecule has 11 rings (SSSR count). The summed E-state index contributed by atoms with van der Waals surface area (Å²) >= 11 is 1.90. The number of thioether (sulfide) groups is 1. The summed E-state index contributed by atoms with van der Waals surface area (Å²) in [7, 11) is 0. The van der Waals surface area contributed by atoms with Gasteiger partial charge in [-0.05, 0) is 168 Å². The number of aryl methyl sites for hydroxylation is 1. The van der Waals surface area contributed by atoms with E-state index < -0.39 is 0 Å². The molecule has 0 radical (unpaired) electrons. The van der Waals surface area contributed by atoms with Gasteiger partial charge in [0.15, 0.2) is 0 Å². The third kappa shape index (κ3) is 10.9. The summed E-state index contributed by atoms with van der Waals surface area (Å²) in [5.41, 5.74) is 18.4. The van der Waals surface area contributed by atoms with Gasteiger partial charge in [0.25, 0.3) is 0 Å². The Bertz CT molecular complexity index is 3600. The van der Waals surface area contributed by atoms with Crippen molar-refractivity contribution in [2.24, 2.45) is 0 Å². The molecule has 0 saturated carbocycles. The second kappa shape index (κ2) is 22.2. The fourth-order valence-electron chi connectivity index (χ4n) is 10.1. The van der Waals surface area contributed by atoms with Crippen molar-refractivity contribution >= 4 is 80.0 Å². The molecule has 0 aliphatic rings. The van der Waals surface area contributed by atoms with Crippen LogP contribution in [0.1, 0.15) is 26.3 Å². The Hall–Kier alpha value is -9.03. The zero-order chi connectivity index (χ0) is 51.8. The first-order valence-electron chi connectivity index (χ1n) is 26.0. The van der Waals surface area contributed by atoms with Crippen molar-refractivity contribution in [3.63, 3.8) is 0 Å². The van der Waals surface area contributed by atoms with E-state index in [1.807, 2.05) is 11.8 Å². The van der Waals surface area contributed by atoms with Crippen LogP contribution in [-0.2, 0) is 0 Å². The average molecular weight is 1000 g/mol. The van der Waals surface area contributed by atoms with Crippen LogP contribution in [0.15, 0.2) is 296 Å². The Morgan fingerprint density at radius 1 is 0.250 bits per heavy atom. The fourth-order valence-corrected chi connectivity index (χ4v) is 11.2. The molecule has 0 atom stereocenters. The first kappa shape index (κ1) is 49.2. The van der Waals surface area contributed by atoms with E-state index in [0.29, 0.717) is 0 Å². The number of hydrogen-bond acceptors (Lipinski definition) is 5. The molecule has 0 unspecified atom stereocenters. The minimum atomic E-state index is -0.000612. The predicted molar refractivity (Wildman–Crippen MR) is 326 cm³/mol. The molecule has 0 heterocycles. The average Bonchev–Trinajstić information content (AvgIpc) is 3.45. The van der Waals surface area contributed by atoms with E-state index in [2.05, 4.69) is 338 Å². The minimum Gasteiger partial charge on any atom is -0.310 e. The molecular formula is C71H60N4S. The number of benzene rings is 11. The molecule has 0 saturated heterocycles. The molecule has 0 amide bonds. The van der Waals surface area contributed by atoms with Gasteiger partial charge in [-0.2, -0.15) is 0 Å². The van der Waals surface area contributed by atoms with Crippen LogP contribution in [0.2, 0.25) is 0 Å². The quantitative estimate of drug-likeness (QED) is 0.0947. The molecule has 0 N–H and O–H groups in total. The normalized spacial score (nSPS) is 11.2. The van der Waals surface area contributed by atoms with E-state index in [4.69, 9.17) is 0 Å². The van der Waals surface area contributed by atoms with Crippen LogP contribution >= 0.6 is 11.8 Å². The maximum absolute atomic E-state index is 2.41. The first-order valence-corrected chi connectivity index (χ1v) is 26.8. The van der Waals surface area contributed by atoms with Gasteiger partial charge in [-0.15, -0.1) is 11.8 Å². The highest BCUT2D eigenvalue weighted by Crippen LogP contribution is 2.48.